The zero-order valence-corrected chi connectivity index (χ0v) is 14.2. The first-order chi connectivity index (χ1) is 10.7. The standard InChI is InChI=1S/C15H17N3O2S2/c1-9(8-16)21-15-17-13-12(10-4-3-5-11(10)22-13)14(19)18(15)6-7-20-2/h9H,3-7H2,1-2H3. The van der Waals surface area contributed by atoms with E-state index >= 15 is 0 Å². The molecule has 1 atom stereocenters. The van der Waals surface area contributed by atoms with Gasteiger partial charge in [0.15, 0.2) is 5.16 Å². The highest BCUT2D eigenvalue weighted by molar-refractivity contribution is 8.00. The van der Waals surface area contributed by atoms with E-state index in [4.69, 9.17) is 10.00 Å². The largest absolute Gasteiger partial charge is 0.383 e. The molecule has 0 saturated heterocycles. The van der Waals surface area contributed by atoms with Crippen LogP contribution in [0.4, 0.5) is 0 Å². The Balaban J connectivity index is 2.16. The van der Waals surface area contributed by atoms with Gasteiger partial charge in [0.05, 0.1) is 29.9 Å². The van der Waals surface area contributed by atoms with Gasteiger partial charge in [0.25, 0.3) is 5.56 Å². The second-order valence-corrected chi connectivity index (χ2v) is 7.66. The molecule has 0 amide bonds. The maximum Gasteiger partial charge on any atom is 0.263 e. The summed E-state index contributed by atoms with van der Waals surface area (Å²) in [5.41, 5.74) is 1.20. The molecule has 2 aromatic heterocycles. The number of hydrogen-bond acceptors (Lipinski definition) is 6. The van der Waals surface area contributed by atoms with Gasteiger partial charge in [-0.1, -0.05) is 11.8 Å². The number of nitriles is 1. The summed E-state index contributed by atoms with van der Waals surface area (Å²) in [4.78, 5) is 19.7. The van der Waals surface area contributed by atoms with E-state index in [2.05, 4.69) is 11.1 Å². The smallest absolute Gasteiger partial charge is 0.263 e. The van der Waals surface area contributed by atoms with Crippen LogP contribution in [0.3, 0.4) is 0 Å². The van der Waals surface area contributed by atoms with Crippen molar-refractivity contribution in [3.8, 4) is 6.07 Å². The summed E-state index contributed by atoms with van der Waals surface area (Å²) in [6.45, 7) is 2.73. The normalized spacial score (nSPS) is 15.0. The minimum atomic E-state index is -0.245. The number of fused-ring (bicyclic) bond motifs is 3. The van der Waals surface area contributed by atoms with Crippen molar-refractivity contribution in [2.75, 3.05) is 13.7 Å². The topological polar surface area (TPSA) is 67.9 Å². The van der Waals surface area contributed by atoms with Gasteiger partial charge < -0.3 is 4.74 Å². The fraction of sp³-hybridized carbons (Fsp3) is 0.533. The van der Waals surface area contributed by atoms with Crippen molar-refractivity contribution in [3.05, 3.63) is 20.8 Å². The Bertz CT molecular complexity index is 804. The van der Waals surface area contributed by atoms with Gasteiger partial charge in [-0.15, -0.1) is 11.3 Å². The van der Waals surface area contributed by atoms with Crippen LogP contribution in [0.1, 0.15) is 23.8 Å². The Hall–Kier alpha value is -1.36. The van der Waals surface area contributed by atoms with Crippen molar-refractivity contribution in [1.82, 2.24) is 9.55 Å². The predicted octanol–water partition coefficient (Wildman–Crippen LogP) is 2.60. The van der Waals surface area contributed by atoms with Gasteiger partial charge in [-0.05, 0) is 31.7 Å². The third-order valence-corrected chi connectivity index (χ3v) is 5.94. The molecular weight excluding hydrogens is 318 g/mol. The van der Waals surface area contributed by atoms with E-state index in [1.54, 1.807) is 23.0 Å². The lowest BCUT2D eigenvalue weighted by molar-refractivity contribution is 0.183. The highest BCUT2D eigenvalue weighted by Gasteiger charge is 2.23. The molecule has 7 heteroatoms. The predicted molar refractivity (Wildman–Crippen MR) is 88.7 cm³/mol. The van der Waals surface area contributed by atoms with Gasteiger partial charge in [0.2, 0.25) is 0 Å². The SMILES string of the molecule is COCCn1c(SC(C)C#N)nc2sc3c(c2c1=O)CCC3. The van der Waals surface area contributed by atoms with Crippen molar-refractivity contribution in [2.24, 2.45) is 0 Å². The quantitative estimate of drug-likeness (QED) is 0.620. The first-order valence-corrected chi connectivity index (χ1v) is 8.95. The van der Waals surface area contributed by atoms with Crippen molar-refractivity contribution in [1.29, 1.82) is 5.26 Å². The van der Waals surface area contributed by atoms with Crippen molar-refractivity contribution in [2.45, 2.75) is 43.1 Å². The second-order valence-electron chi connectivity index (χ2n) is 5.27. The molecule has 0 spiro atoms. The van der Waals surface area contributed by atoms with Crippen molar-refractivity contribution >= 4 is 33.3 Å². The number of thiophene rings is 1. The van der Waals surface area contributed by atoms with Crippen LogP contribution in [0.15, 0.2) is 9.95 Å². The van der Waals surface area contributed by atoms with Gasteiger partial charge in [-0.3, -0.25) is 9.36 Å². The van der Waals surface area contributed by atoms with E-state index in [9.17, 15) is 4.79 Å². The van der Waals surface area contributed by atoms with Crippen LogP contribution in [-0.4, -0.2) is 28.5 Å². The highest BCUT2D eigenvalue weighted by atomic mass is 32.2. The minimum absolute atomic E-state index is 0.00842. The van der Waals surface area contributed by atoms with Crippen LogP contribution in [0.25, 0.3) is 10.2 Å². The monoisotopic (exact) mass is 335 g/mol. The molecule has 0 radical (unpaired) electrons. The van der Waals surface area contributed by atoms with Gasteiger partial charge in [0, 0.05) is 12.0 Å². The summed E-state index contributed by atoms with van der Waals surface area (Å²) in [7, 11) is 1.62. The summed E-state index contributed by atoms with van der Waals surface area (Å²) < 4.78 is 6.78. The first-order valence-electron chi connectivity index (χ1n) is 7.26. The van der Waals surface area contributed by atoms with Crippen molar-refractivity contribution in [3.63, 3.8) is 0 Å². The zero-order valence-electron chi connectivity index (χ0n) is 12.6. The van der Waals surface area contributed by atoms with E-state index in [1.807, 2.05) is 6.92 Å². The molecule has 116 valence electrons. The van der Waals surface area contributed by atoms with E-state index in [0.717, 1.165) is 29.5 Å². The Kier molecular flexibility index (Phi) is 4.52. The number of nitrogens with zero attached hydrogens (tertiary/aromatic N) is 3. The molecule has 0 fully saturated rings. The van der Waals surface area contributed by atoms with Gasteiger partial charge >= 0.3 is 0 Å². The molecule has 1 aliphatic carbocycles. The number of thioether (sulfide) groups is 1. The number of rotatable bonds is 5. The van der Waals surface area contributed by atoms with E-state index in [-0.39, 0.29) is 10.8 Å². The number of ether oxygens (including phenoxy) is 1. The lowest BCUT2D eigenvalue weighted by Gasteiger charge is -2.12. The lowest BCUT2D eigenvalue weighted by atomic mass is 10.2. The molecule has 0 N–H and O–H groups in total. The molecule has 22 heavy (non-hydrogen) atoms. The Morgan fingerprint density at radius 1 is 1.55 bits per heavy atom. The maximum atomic E-state index is 12.9. The molecule has 2 heterocycles. The van der Waals surface area contributed by atoms with Crippen LogP contribution >= 0.6 is 23.1 Å². The van der Waals surface area contributed by atoms with Crippen LogP contribution in [0.5, 0.6) is 0 Å². The van der Waals surface area contributed by atoms with Gasteiger partial charge in [0.1, 0.15) is 4.83 Å². The molecule has 0 saturated carbocycles. The summed E-state index contributed by atoms with van der Waals surface area (Å²) in [6.07, 6.45) is 3.14. The molecule has 1 unspecified atom stereocenters. The fourth-order valence-electron chi connectivity index (χ4n) is 2.71. The van der Waals surface area contributed by atoms with Gasteiger partial charge in [-0.25, -0.2) is 4.98 Å². The molecule has 2 aromatic rings. The second kappa shape index (κ2) is 6.41. The van der Waals surface area contributed by atoms with E-state index in [0.29, 0.717) is 18.3 Å². The number of hydrogen-bond donors (Lipinski definition) is 0. The number of aryl methyl sites for hydroxylation is 2. The van der Waals surface area contributed by atoms with Crippen LogP contribution < -0.4 is 5.56 Å². The summed E-state index contributed by atoms with van der Waals surface area (Å²) in [6, 6.07) is 2.18. The summed E-state index contributed by atoms with van der Waals surface area (Å²) in [5.74, 6) is 0. The number of methoxy groups -OCH3 is 1. The van der Waals surface area contributed by atoms with E-state index in [1.165, 1.54) is 22.2 Å². The lowest BCUT2D eigenvalue weighted by Crippen LogP contribution is -2.25. The minimum Gasteiger partial charge on any atom is -0.383 e. The summed E-state index contributed by atoms with van der Waals surface area (Å²) in [5, 5.41) is 10.2. The first kappa shape index (κ1) is 15.5. The average molecular weight is 335 g/mol. The van der Waals surface area contributed by atoms with E-state index < -0.39 is 0 Å². The number of aromatic nitrogens is 2. The van der Waals surface area contributed by atoms with Gasteiger partial charge in [-0.2, -0.15) is 5.26 Å². The average Bonchev–Trinajstić information content (AvgIpc) is 3.06. The van der Waals surface area contributed by atoms with Crippen LogP contribution in [0.2, 0.25) is 0 Å². The molecule has 0 aromatic carbocycles. The molecule has 0 bridgehead atoms. The zero-order chi connectivity index (χ0) is 15.7. The Morgan fingerprint density at radius 3 is 3.09 bits per heavy atom. The summed E-state index contributed by atoms with van der Waals surface area (Å²) >= 11 is 2.96. The highest BCUT2D eigenvalue weighted by Crippen LogP contribution is 2.35. The Labute approximate surface area is 136 Å². The molecule has 5 nitrogen and oxygen atoms in total. The van der Waals surface area contributed by atoms with Crippen LogP contribution in [-0.2, 0) is 24.1 Å². The Morgan fingerprint density at radius 2 is 2.36 bits per heavy atom. The molecular formula is C15H17N3O2S2. The molecule has 3 rings (SSSR count). The maximum absolute atomic E-state index is 12.9. The third kappa shape index (κ3) is 2.67. The molecule has 1 aliphatic rings. The van der Waals surface area contributed by atoms with Crippen LogP contribution in [0, 0.1) is 11.3 Å². The fourth-order valence-corrected chi connectivity index (χ4v) is 4.84. The molecule has 0 aliphatic heterocycles. The third-order valence-electron chi connectivity index (χ3n) is 3.77. The van der Waals surface area contributed by atoms with Crippen molar-refractivity contribution < 1.29 is 4.74 Å².